The lowest BCUT2D eigenvalue weighted by Crippen LogP contribution is -2.11. The molecule has 4 aromatic rings. The number of nitrogens with zero attached hydrogens (tertiary/aromatic N) is 5. The van der Waals surface area contributed by atoms with Gasteiger partial charge in [0.2, 0.25) is 10.0 Å². The maximum Gasteiger partial charge on any atom is 0.238 e. The smallest absolute Gasteiger partial charge is 0.238 e. The molecule has 0 aliphatic heterocycles. The number of primary sulfonamides is 1. The fourth-order valence-electron chi connectivity index (χ4n) is 3.64. The second-order valence-electron chi connectivity index (χ2n) is 7.70. The Hall–Kier alpha value is -2.69. The maximum atomic E-state index is 11.8. The minimum atomic E-state index is -3.78. The van der Waals surface area contributed by atoms with E-state index in [0.29, 0.717) is 11.3 Å². The van der Waals surface area contributed by atoms with E-state index in [-0.39, 0.29) is 4.90 Å². The molecule has 0 spiro atoms. The van der Waals surface area contributed by atoms with E-state index in [0.717, 1.165) is 52.8 Å². The highest BCUT2D eigenvalue weighted by Crippen LogP contribution is 2.28. The minimum absolute atomic E-state index is 0.0699. The van der Waals surface area contributed by atoms with Crippen molar-refractivity contribution < 1.29 is 8.42 Å². The molecule has 168 valence electrons. The molecule has 4 rings (SSSR count). The lowest BCUT2D eigenvalue weighted by atomic mass is 10.1. The Bertz CT molecular complexity index is 1370. The summed E-state index contributed by atoms with van der Waals surface area (Å²) in [6, 6.07) is 13.0. The first kappa shape index (κ1) is 22.5. The molecule has 0 amide bonds. The summed E-state index contributed by atoms with van der Waals surface area (Å²) in [5, 5.41) is 14.9. The van der Waals surface area contributed by atoms with E-state index < -0.39 is 10.0 Å². The molecule has 0 saturated carbocycles. The molecule has 0 unspecified atom stereocenters. The van der Waals surface area contributed by atoms with Gasteiger partial charge in [0, 0.05) is 19.2 Å². The van der Waals surface area contributed by atoms with Crippen molar-refractivity contribution in [2.24, 2.45) is 12.2 Å². The van der Waals surface area contributed by atoms with Crippen molar-refractivity contribution in [2.75, 3.05) is 0 Å². The van der Waals surface area contributed by atoms with Crippen LogP contribution in [0.4, 0.5) is 0 Å². The maximum absolute atomic E-state index is 11.8. The Labute approximate surface area is 191 Å². The van der Waals surface area contributed by atoms with Gasteiger partial charge < -0.3 is 9.13 Å². The number of nitrogens with two attached hydrogens (primary N) is 1. The van der Waals surface area contributed by atoms with Crippen LogP contribution in [0.5, 0.6) is 0 Å². The third kappa shape index (κ3) is 4.43. The highest BCUT2D eigenvalue weighted by atomic mass is 32.2. The number of sulfonamides is 1. The van der Waals surface area contributed by atoms with Crippen LogP contribution in [0, 0.1) is 6.92 Å². The van der Waals surface area contributed by atoms with Crippen LogP contribution in [-0.4, -0.2) is 32.7 Å². The number of imidazole rings is 1. The van der Waals surface area contributed by atoms with Crippen molar-refractivity contribution in [3.8, 4) is 11.4 Å². The van der Waals surface area contributed by atoms with Crippen LogP contribution in [0.3, 0.4) is 0 Å². The zero-order chi connectivity index (χ0) is 22.9. The highest BCUT2D eigenvalue weighted by Gasteiger charge is 2.17. The van der Waals surface area contributed by atoms with Gasteiger partial charge in [-0.25, -0.2) is 18.5 Å². The van der Waals surface area contributed by atoms with Gasteiger partial charge in [-0.15, -0.1) is 10.2 Å². The lowest BCUT2D eigenvalue weighted by molar-refractivity contribution is 0.598. The van der Waals surface area contributed by atoms with Gasteiger partial charge in [0.25, 0.3) is 0 Å². The number of aromatic nitrogens is 5. The summed E-state index contributed by atoms with van der Waals surface area (Å²) in [6.45, 7) is 5.01. The summed E-state index contributed by atoms with van der Waals surface area (Å²) in [5.41, 5.74) is 3.73. The van der Waals surface area contributed by atoms with E-state index in [1.807, 2.05) is 29.8 Å². The number of thioether (sulfide) groups is 1. The van der Waals surface area contributed by atoms with E-state index >= 15 is 0 Å². The quantitative estimate of drug-likeness (QED) is 0.392. The molecule has 0 atom stereocenters. The molecular formula is C22H26N6O2S2. The topological polar surface area (TPSA) is 109 Å². The van der Waals surface area contributed by atoms with Crippen molar-refractivity contribution in [2.45, 2.75) is 49.0 Å². The normalized spacial score (nSPS) is 12.0. The molecule has 0 bridgehead atoms. The predicted molar refractivity (Wildman–Crippen MR) is 127 cm³/mol. The molecular weight excluding hydrogens is 444 g/mol. The Kier molecular flexibility index (Phi) is 6.36. The average Bonchev–Trinajstić information content (AvgIpc) is 3.29. The van der Waals surface area contributed by atoms with Gasteiger partial charge in [0.1, 0.15) is 5.82 Å². The van der Waals surface area contributed by atoms with Crippen LogP contribution in [-0.2, 0) is 29.4 Å². The second kappa shape index (κ2) is 9.05. The average molecular weight is 471 g/mol. The fraction of sp³-hybridized carbons (Fsp3) is 0.318. The third-order valence-corrected chi connectivity index (χ3v) is 7.34. The van der Waals surface area contributed by atoms with Gasteiger partial charge in [-0.2, -0.15) is 0 Å². The first-order valence-corrected chi connectivity index (χ1v) is 12.9. The number of fused-ring (bicyclic) bond motifs is 1. The number of rotatable bonds is 8. The molecule has 2 aromatic heterocycles. The Morgan fingerprint density at radius 1 is 1.12 bits per heavy atom. The van der Waals surface area contributed by atoms with Gasteiger partial charge in [-0.1, -0.05) is 49.4 Å². The number of benzene rings is 2. The van der Waals surface area contributed by atoms with Crippen LogP contribution in [0.2, 0.25) is 0 Å². The molecule has 32 heavy (non-hydrogen) atoms. The minimum Gasteiger partial charge on any atom is -0.327 e. The van der Waals surface area contributed by atoms with Crippen LogP contribution < -0.4 is 5.14 Å². The van der Waals surface area contributed by atoms with Gasteiger partial charge in [-0.3, -0.25) is 0 Å². The van der Waals surface area contributed by atoms with Gasteiger partial charge in [-0.05, 0) is 37.1 Å². The molecule has 0 saturated heterocycles. The van der Waals surface area contributed by atoms with Crippen LogP contribution in [0.15, 0.2) is 52.5 Å². The van der Waals surface area contributed by atoms with Crippen molar-refractivity contribution in [1.29, 1.82) is 0 Å². The summed E-state index contributed by atoms with van der Waals surface area (Å²) in [4.78, 5) is 4.80. The molecule has 0 aliphatic carbocycles. The van der Waals surface area contributed by atoms with Crippen molar-refractivity contribution in [3.05, 3.63) is 53.9 Å². The predicted octanol–water partition coefficient (Wildman–Crippen LogP) is 3.88. The molecule has 0 fully saturated rings. The van der Waals surface area contributed by atoms with Crippen molar-refractivity contribution in [1.82, 2.24) is 24.3 Å². The first-order chi connectivity index (χ1) is 15.3. The largest absolute Gasteiger partial charge is 0.327 e. The van der Waals surface area contributed by atoms with Gasteiger partial charge >= 0.3 is 0 Å². The molecule has 8 nitrogen and oxygen atoms in total. The van der Waals surface area contributed by atoms with Crippen LogP contribution in [0.1, 0.15) is 31.2 Å². The third-order valence-electron chi connectivity index (χ3n) is 5.41. The van der Waals surface area contributed by atoms with E-state index in [4.69, 9.17) is 10.1 Å². The summed E-state index contributed by atoms with van der Waals surface area (Å²) in [6.07, 6.45) is 2.05. The molecule has 2 N–H and O–H groups in total. The SMILES string of the molecule is CCCCn1c(CSc2nnc(-c3ccccc3C)n2C)nc2cc(S(N)(=O)=O)ccc21. The van der Waals surface area contributed by atoms with Crippen molar-refractivity contribution in [3.63, 3.8) is 0 Å². The number of aryl methyl sites for hydroxylation is 2. The standard InChI is InChI=1S/C22H26N6O2S2/c1-4-5-12-28-19-11-10-16(32(23,29)30)13-18(19)24-20(28)14-31-22-26-25-21(27(22)3)17-9-7-6-8-15(17)2/h6-11,13H,4-5,12,14H2,1-3H3,(H2,23,29,30). The summed E-state index contributed by atoms with van der Waals surface area (Å²) >= 11 is 1.56. The van der Waals surface area contributed by atoms with E-state index in [2.05, 4.69) is 34.7 Å². The van der Waals surface area contributed by atoms with Gasteiger partial charge in [0.15, 0.2) is 11.0 Å². The summed E-state index contributed by atoms with van der Waals surface area (Å²) in [5.74, 6) is 2.27. The molecule has 10 heteroatoms. The highest BCUT2D eigenvalue weighted by molar-refractivity contribution is 7.98. The summed E-state index contributed by atoms with van der Waals surface area (Å²) < 4.78 is 27.6. The van der Waals surface area contributed by atoms with Crippen LogP contribution in [0.25, 0.3) is 22.4 Å². The first-order valence-electron chi connectivity index (χ1n) is 10.4. The second-order valence-corrected chi connectivity index (χ2v) is 10.2. The zero-order valence-electron chi connectivity index (χ0n) is 18.3. The lowest BCUT2D eigenvalue weighted by Gasteiger charge is -2.09. The molecule has 0 aliphatic rings. The molecule has 2 heterocycles. The summed E-state index contributed by atoms with van der Waals surface area (Å²) in [7, 11) is -1.82. The molecule has 0 radical (unpaired) electrons. The number of hydrogen-bond acceptors (Lipinski definition) is 6. The van der Waals surface area contributed by atoms with E-state index in [1.54, 1.807) is 23.9 Å². The van der Waals surface area contributed by atoms with Crippen molar-refractivity contribution >= 4 is 32.8 Å². The number of hydrogen-bond donors (Lipinski definition) is 1. The Balaban J connectivity index is 1.65. The van der Waals surface area contributed by atoms with E-state index in [1.165, 1.54) is 6.07 Å². The number of unbranched alkanes of at least 4 members (excludes halogenated alkanes) is 1. The van der Waals surface area contributed by atoms with Crippen LogP contribution >= 0.6 is 11.8 Å². The molecule has 2 aromatic carbocycles. The zero-order valence-corrected chi connectivity index (χ0v) is 19.9. The Morgan fingerprint density at radius 2 is 1.91 bits per heavy atom. The fourth-order valence-corrected chi connectivity index (χ4v) is 5.03. The Morgan fingerprint density at radius 3 is 2.62 bits per heavy atom. The van der Waals surface area contributed by atoms with Gasteiger partial charge in [0.05, 0.1) is 21.7 Å². The monoisotopic (exact) mass is 470 g/mol. The van der Waals surface area contributed by atoms with E-state index in [9.17, 15) is 8.42 Å².